The van der Waals surface area contributed by atoms with Crippen molar-refractivity contribution >= 4 is 17.7 Å². The summed E-state index contributed by atoms with van der Waals surface area (Å²) in [5.41, 5.74) is 3.21. The Morgan fingerprint density at radius 2 is 2.12 bits per heavy atom. The van der Waals surface area contributed by atoms with E-state index >= 15 is 0 Å². The van der Waals surface area contributed by atoms with Crippen LogP contribution in [0, 0.1) is 0 Å². The molecular weight excluding hydrogens is 224 g/mol. The monoisotopic (exact) mass is 240 g/mol. The van der Waals surface area contributed by atoms with Crippen LogP contribution in [0.3, 0.4) is 0 Å². The zero-order valence-electron chi connectivity index (χ0n) is 9.90. The fourth-order valence-corrected chi connectivity index (χ4v) is 1.68. The van der Waals surface area contributed by atoms with Crippen molar-refractivity contribution in [2.75, 3.05) is 27.5 Å². The first-order valence-corrected chi connectivity index (χ1v) is 6.01. The normalized spacial score (nSPS) is 10.3. The van der Waals surface area contributed by atoms with Gasteiger partial charge in [0, 0.05) is 19.0 Å². The van der Waals surface area contributed by atoms with Crippen molar-refractivity contribution in [3.05, 3.63) is 23.8 Å². The van der Waals surface area contributed by atoms with Gasteiger partial charge in [0.2, 0.25) is 0 Å². The van der Waals surface area contributed by atoms with Crippen LogP contribution in [0.5, 0.6) is 5.75 Å². The molecule has 0 aromatic heterocycles. The Balaban J connectivity index is 2.99. The van der Waals surface area contributed by atoms with Gasteiger partial charge in [0.15, 0.2) is 0 Å². The predicted molar refractivity (Wildman–Crippen MR) is 65.9 cm³/mol. The van der Waals surface area contributed by atoms with Crippen LogP contribution in [-0.2, 0) is 0 Å². The predicted octanol–water partition coefficient (Wildman–Crippen LogP) is 1.62. The number of benzene rings is 1. The lowest BCUT2D eigenvalue weighted by molar-refractivity contribution is 0.0853. The molecule has 1 N–H and O–H groups in total. The first kappa shape index (κ1) is 12.9. The van der Waals surface area contributed by atoms with E-state index in [2.05, 4.69) is 5.43 Å². The number of hydrogen-bond donors (Lipinski definition) is 1. The molecule has 1 amide bonds. The van der Waals surface area contributed by atoms with E-state index in [9.17, 15) is 4.79 Å². The van der Waals surface area contributed by atoms with Crippen molar-refractivity contribution in [2.24, 2.45) is 0 Å². The molecule has 0 aliphatic carbocycles. The lowest BCUT2D eigenvalue weighted by Gasteiger charge is -2.14. The fourth-order valence-electron chi connectivity index (χ4n) is 1.25. The third-order valence-electron chi connectivity index (χ3n) is 1.98. The van der Waals surface area contributed by atoms with Gasteiger partial charge in [-0.05, 0) is 24.5 Å². The second kappa shape index (κ2) is 5.77. The number of ether oxygens (including phenoxy) is 1. The van der Waals surface area contributed by atoms with Crippen LogP contribution in [0.1, 0.15) is 10.4 Å². The van der Waals surface area contributed by atoms with E-state index in [1.165, 1.54) is 0 Å². The highest BCUT2D eigenvalue weighted by atomic mass is 32.2. The maximum Gasteiger partial charge on any atom is 0.269 e. The van der Waals surface area contributed by atoms with Crippen molar-refractivity contribution in [3.8, 4) is 5.75 Å². The molecule has 0 unspecified atom stereocenters. The Morgan fingerprint density at radius 3 is 2.62 bits per heavy atom. The van der Waals surface area contributed by atoms with Gasteiger partial charge in [-0.3, -0.25) is 10.2 Å². The molecule has 0 saturated carbocycles. The molecule has 88 valence electrons. The first-order chi connectivity index (χ1) is 7.58. The Hall–Kier alpha value is -1.20. The van der Waals surface area contributed by atoms with Crippen LogP contribution < -0.4 is 10.2 Å². The van der Waals surface area contributed by atoms with E-state index in [4.69, 9.17) is 4.74 Å². The number of hydrazine groups is 1. The number of carbonyl (C=O) groups excluding carboxylic acids is 1. The van der Waals surface area contributed by atoms with Gasteiger partial charge < -0.3 is 4.74 Å². The third-order valence-corrected chi connectivity index (χ3v) is 2.70. The highest BCUT2D eigenvalue weighted by molar-refractivity contribution is 7.98. The van der Waals surface area contributed by atoms with Gasteiger partial charge in [-0.25, -0.2) is 5.01 Å². The van der Waals surface area contributed by atoms with Gasteiger partial charge in [0.1, 0.15) is 5.75 Å². The molecule has 5 heteroatoms. The summed E-state index contributed by atoms with van der Waals surface area (Å²) in [5.74, 6) is 0.417. The average Bonchev–Trinajstić information content (AvgIpc) is 2.27. The van der Waals surface area contributed by atoms with Crippen molar-refractivity contribution in [2.45, 2.75) is 4.90 Å². The number of nitrogens with one attached hydrogen (secondary N) is 1. The molecule has 0 heterocycles. The summed E-state index contributed by atoms with van der Waals surface area (Å²) in [7, 11) is 5.09. The molecule has 1 aromatic rings. The molecule has 0 spiro atoms. The second-order valence-electron chi connectivity index (χ2n) is 3.40. The lowest BCUT2D eigenvalue weighted by atomic mass is 10.2. The Bertz CT molecular complexity index is 380. The summed E-state index contributed by atoms with van der Waals surface area (Å²) < 4.78 is 5.20. The van der Waals surface area contributed by atoms with Crippen molar-refractivity contribution in [3.63, 3.8) is 0 Å². The maximum atomic E-state index is 11.8. The Labute approximate surface area is 99.9 Å². The van der Waals surface area contributed by atoms with Gasteiger partial charge in [-0.1, -0.05) is 0 Å². The minimum absolute atomic E-state index is 0.172. The van der Waals surface area contributed by atoms with E-state index in [-0.39, 0.29) is 5.91 Å². The number of nitrogens with zero attached hydrogens (tertiary/aromatic N) is 1. The third kappa shape index (κ3) is 3.15. The largest absolute Gasteiger partial charge is 0.496 e. The minimum atomic E-state index is -0.172. The number of amides is 1. The van der Waals surface area contributed by atoms with E-state index in [0.29, 0.717) is 11.3 Å². The van der Waals surface area contributed by atoms with Crippen molar-refractivity contribution in [1.82, 2.24) is 10.4 Å². The minimum Gasteiger partial charge on any atom is -0.496 e. The fraction of sp³-hybridized carbons (Fsp3) is 0.364. The maximum absolute atomic E-state index is 11.8. The quantitative estimate of drug-likeness (QED) is 0.641. The summed E-state index contributed by atoms with van der Waals surface area (Å²) in [6.45, 7) is 0. The molecule has 0 fully saturated rings. The van der Waals surface area contributed by atoms with Gasteiger partial charge in [-0.15, -0.1) is 11.8 Å². The van der Waals surface area contributed by atoms with Crippen LogP contribution in [0.2, 0.25) is 0 Å². The van der Waals surface area contributed by atoms with Crippen LogP contribution in [0.15, 0.2) is 23.1 Å². The molecule has 0 aliphatic heterocycles. The molecule has 4 nitrogen and oxygen atoms in total. The summed E-state index contributed by atoms with van der Waals surface area (Å²) in [6, 6.07) is 5.52. The Morgan fingerprint density at radius 1 is 1.44 bits per heavy atom. The van der Waals surface area contributed by atoms with Crippen molar-refractivity contribution in [1.29, 1.82) is 0 Å². The van der Waals surface area contributed by atoms with E-state index in [0.717, 1.165) is 4.90 Å². The van der Waals surface area contributed by atoms with Gasteiger partial charge in [-0.2, -0.15) is 0 Å². The van der Waals surface area contributed by atoms with E-state index in [1.807, 2.05) is 18.4 Å². The van der Waals surface area contributed by atoms with E-state index in [1.54, 1.807) is 44.0 Å². The summed E-state index contributed by atoms with van der Waals surface area (Å²) in [4.78, 5) is 12.9. The average molecular weight is 240 g/mol. The number of thioether (sulfide) groups is 1. The smallest absolute Gasteiger partial charge is 0.269 e. The first-order valence-electron chi connectivity index (χ1n) is 4.78. The van der Waals surface area contributed by atoms with Crippen molar-refractivity contribution < 1.29 is 9.53 Å². The lowest BCUT2D eigenvalue weighted by Crippen LogP contribution is -2.36. The number of hydrogen-bond acceptors (Lipinski definition) is 4. The number of rotatable bonds is 4. The highest BCUT2D eigenvalue weighted by Crippen LogP contribution is 2.25. The summed E-state index contributed by atoms with van der Waals surface area (Å²) >= 11 is 1.61. The second-order valence-corrected chi connectivity index (χ2v) is 4.28. The molecule has 1 aromatic carbocycles. The number of methoxy groups -OCH3 is 1. The van der Waals surface area contributed by atoms with Crippen LogP contribution in [0.4, 0.5) is 0 Å². The van der Waals surface area contributed by atoms with Crippen LogP contribution in [-0.4, -0.2) is 38.4 Å². The Kier molecular flexibility index (Phi) is 4.64. The zero-order valence-corrected chi connectivity index (χ0v) is 10.7. The zero-order chi connectivity index (χ0) is 12.1. The summed E-state index contributed by atoms with van der Waals surface area (Å²) in [5, 5.41) is 1.60. The van der Waals surface area contributed by atoms with Gasteiger partial charge >= 0.3 is 0 Å². The van der Waals surface area contributed by atoms with Crippen LogP contribution >= 0.6 is 11.8 Å². The molecule has 0 saturated heterocycles. The SMILES string of the molecule is COc1cc(SC)ccc1C(=O)NN(C)C. The molecule has 0 aliphatic rings. The molecule has 0 radical (unpaired) electrons. The molecule has 1 rings (SSSR count). The molecule has 0 bridgehead atoms. The topological polar surface area (TPSA) is 41.6 Å². The van der Waals surface area contributed by atoms with Crippen LogP contribution in [0.25, 0.3) is 0 Å². The molecule has 0 atom stereocenters. The van der Waals surface area contributed by atoms with E-state index < -0.39 is 0 Å². The summed E-state index contributed by atoms with van der Waals surface area (Å²) in [6.07, 6.45) is 1.98. The molecule has 16 heavy (non-hydrogen) atoms. The van der Waals surface area contributed by atoms with Gasteiger partial charge in [0.05, 0.1) is 12.7 Å². The standard InChI is InChI=1S/C11H16N2O2S/c1-13(2)12-11(14)9-6-5-8(16-4)7-10(9)15-3/h5-7H,1-4H3,(H,12,14). The number of carbonyl (C=O) groups is 1. The highest BCUT2D eigenvalue weighted by Gasteiger charge is 2.12. The van der Waals surface area contributed by atoms with Gasteiger partial charge in [0.25, 0.3) is 5.91 Å². The molecular formula is C11H16N2O2S.